The number of carbonyl (C=O) groups is 3. The van der Waals surface area contributed by atoms with Crippen molar-refractivity contribution in [2.45, 2.75) is 89.6 Å². The summed E-state index contributed by atoms with van der Waals surface area (Å²) in [6.45, 7) is 5.25. The van der Waals surface area contributed by atoms with Gasteiger partial charge in [-0.3, -0.25) is 14.5 Å². The number of carbonyl (C=O) groups excluding carboxylic acids is 3. The van der Waals surface area contributed by atoms with Crippen LogP contribution >= 0.6 is 0 Å². The summed E-state index contributed by atoms with van der Waals surface area (Å²) < 4.78 is 63.8. The minimum Gasteiger partial charge on any atom is -0.489 e. The van der Waals surface area contributed by atoms with Gasteiger partial charge >= 0.3 is 18.2 Å². The molecule has 0 bridgehead atoms. The molecule has 1 heterocycles. The van der Waals surface area contributed by atoms with Gasteiger partial charge in [0, 0.05) is 13.1 Å². The Morgan fingerprint density at radius 1 is 1.04 bits per heavy atom. The van der Waals surface area contributed by atoms with Crippen LogP contribution in [0.3, 0.4) is 0 Å². The lowest BCUT2D eigenvalue weighted by Crippen LogP contribution is -2.53. The summed E-state index contributed by atoms with van der Waals surface area (Å²) in [5.41, 5.74) is -0.315. The van der Waals surface area contributed by atoms with E-state index in [4.69, 9.17) is 18.9 Å². The summed E-state index contributed by atoms with van der Waals surface area (Å²) in [5.74, 6) is -0.659. The van der Waals surface area contributed by atoms with Gasteiger partial charge in [-0.15, -0.1) is 0 Å². The summed E-state index contributed by atoms with van der Waals surface area (Å²) in [6, 6.07) is 7.95. The third kappa shape index (κ3) is 8.61. The number of rotatable bonds is 8. The van der Waals surface area contributed by atoms with E-state index in [0.717, 1.165) is 37.0 Å². The number of anilines is 1. The molecule has 2 aliphatic rings. The third-order valence-electron chi connectivity index (χ3n) is 7.96. The Morgan fingerprint density at radius 3 is 2.40 bits per heavy atom. The van der Waals surface area contributed by atoms with Crippen LogP contribution in [0.2, 0.25) is 0 Å². The summed E-state index contributed by atoms with van der Waals surface area (Å²) >= 11 is 0. The maximum absolute atomic E-state index is 14.0. The molecule has 12 heteroatoms. The molecule has 2 amide bonds. The Labute approximate surface area is 261 Å². The van der Waals surface area contributed by atoms with E-state index in [1.54, 1.807) is 51.1 Å². The average molecular weight is 635 g/mol. The zero-order valence-electron chi connectivity index (χ0n) is 26.4. The van der Waals surface area contributed by atoms with Crippen molar-refractivity contribution in [3.05, 3.63) is 53.1 Å². The number of nitrogens with zero attached hydrogens (tertiary/aromatic N) is 2. The fourth-order valence-corrected chi connectivity index (χ4v) is 5.67. The number of alkyl halides is 3. The van der Waals surface area contributed by atoms with Gasteiger partial charge in [-0.1, -0.05) is 31.4 Å². The predicted molar refractivity (Wildman–Crippen MR) is 160 cm³/mol. The van der Waals surface area contributed by atoms with Crippen molar-refractivity contribution in [3.63, 3.8) is 0 Å². The minimum atomic E-state index is -4.47. The molecule has 2 aromatic rings. The maximum Gasteiger partial charge on any atom is 0.416 e. The van der Waals surface area contributed by atoms with Crippen LogP contribution in [0, 0.1) is 0 Å². The molecule has 0 spiro atoms. The van der Waals surface area contributed by atoms with Crippen LogP contribution in [0.4, 0.5) is 23.7 Å². The molecule has 0 radical (unpaired) electrons. The lowest BCUT2D eigenvalue weighted by atomic mass is 9.81. The summed E-state index contributed by atoms with van der Waals surface area (Å²) in [4.78, 5) is 41.2. The van der Waals surface area contributed by atoms with E-state index in [-0.39, 0.29) is 25.7 Å². The first-order valence-corrected chi connectivity index (χ1v) is 15.1. The molecule has 0 saturated heterocycles. The Balaban J connectivity index is 1.51. The number of hydrogen-bond acceptors (Lipinski definition) is 7. The van der Waals surface area contributed by atoms with Gasteiger partial charge in [0.15, 0.2) is 0 Å². The molecule has 45 heavy (non-hydrogen) atoms. The smallest absolute Gasteiger partial charge is 0.416 e. The van der Waals surface area contributed by atoms with Gasteiger partial charge in [0.2, 0.25) is 0 Å². The van der Waals surface area contributed by atoms with Gasteiger partial charge in [-0.25, -0.2) is 4.79 Å². The van der Waals surface area contributed by atoms with Gasteiger partial charge in [0.05, 0.1) is 31.3 Å². The Morgan fingerprint density at radius 2 is 1.76 bits per heavy atom. The van der Waals surface area contributed by atoms with Crippen LogP contribution in [-0.4, -0.2) is 61.8 Å². The molecule has 4 rings (SSSR count). The molecule has 2 aromatic carbocycles. The van der Waals surface area contributed by atoms with Crippen molar-refractivity contribution < 1.29 is 46.5 Å². The molecule has 1 atom stereocenters. The third-order valence-corrected chi connectivity index (χ3v) is 7.96. The lowest BCUT2D eigenvalue weighted by molar-refractivity contribution is -0.144. The first kappa shape index (κ1) is 33.9. The van der Waals surface area contributed by atoms with Gasteiger partial charge in [0.25, 0.3) is 5.91 Å². The minimum absolute atomic E-state index is 0.0927. The highest BCUT2D eigenvalue weighted by atomic mass is 19.4. The highest BCUT2D eigenvalue weighted by Gasteiger charge is 2.38. The standard InChI is InChI=1S/C33H41F3N2O7/c1-32(2,3)45-31(41)37(4)27(19-29(39)42-5)30(40)38-15-16-43-28-18-23(12-14-26(28)38)44-20-21-11-13-24(22-9-7-6-8-10-22)25(17-21)33(34,35)36/h11-14,17-18,22,27H,6-10,15-16,19-20H2,1-5H3/t27-/m1/s1. The number of ether oxygens (including phenoxy) is 4. The van der Waals surface area contributed by atoms with E-state index < -0.39 is 47.8 Å². The van der Waals surface area contributed by atoms with Crippen LogP contribution in [0.25, 0.3) is 0 Å². The second kappa shape index (κ2) is 14.0. The van der Waals surface area contributed by atoms with Crippen molar-refractivity contribution >= 4 is 23.7 Å². The van der Waals surface area contributed by atoms with Crippen molar-refractivity contribution in [1.82, 2.24) is 4.90 Å². The molecular formula is C33H41F3N2O7. The van der Waals surface area contributed by atoms with Crippen LogP contribution in [0.15, 0.2) is 36.4 Å². The van der Waals surface area contributed by atoms with Crippen molar-refractivity contribution in [2.24, 2.45) is 0 Å². The molecule has 1 aliphatic carbocycles. The first-order valence-electron chi connectivity index (χ1n) is 15.1. The molecule has 1 saturated carbocycles. The zero-order valence-corrected chi connectivity index (χ0v) is 26.4. The quantitative estimate of drug-likeness (QED) is 0.293. The van der Waals surface area contributed by atoms with E-state index in [9.17, 15) is 27.6 Å². The molecule has 0 N–H and O–H groups in total. The SMILES string of the molecule is COC(=O)C[C@H](C(=O)N1CCOc2cc(OCc3ccc(C4CCCCC4)c(C(F)(F)F)c3)ccc21)N(C)C(=O)OC(C)(C)C. The van der Waals surface area contributed by atoms with E-state index in [1.165, 1.54) is 25.1 Å². The van der Waals surface area contributed by atoms with Crippen molar-refractivity contribution in [2.75, 3.05) is 32.2 Å². The van der Waals surface area contributed by atoms with Gasteiger partial charge in [0.1, 0.15) is 36.4 Å². The number of halogens is 3. The molecular weight excluding hydrogens is 593 g/mol. The van der Waals surface area contributed by atoms with Crippen molar-refractivity contribution in [3.8, 4) is 11.5 Å². The number of amides is 2. The van der Waals surface area contributed by atoms with Gasteiger partial charge in [-0.05, 0) is 68.9 Å². The molecule has 1 fully saturated rings. The first-order chi connectivity index (χ1) is 21.2. The summed E-state index contributed by atoms with van der Waals surface area (Å²) in [7, 11) is 2.57. The molecule has 246 valence electrons. The topological polar surface area (TPSA) is 94.6 Å². The van der Waals surface area contributed by atoms with Crippen LogP contribution in [0.5, 0.6) is 11.5 Å². The second-order valence-electron chi connectivity index (χ2n) is 12.4. The highest BCUT2D eigenvalue weighted by Crippen LogP contribution is 2.41. The molecule has 9 nitrogen and oxygen atoms in total. The summed E-state index contributed by atoms with van der Waals surface area (Å²) in [6.07, 6.45) is -1.20. The molecule has 0 unspecified atom stereocenters. The van der Waals surface area contributed by atoms with E-state index >= 15 is 0 Å². The normalized spacial score (nSPS) is 16.2. The van der Waals surface area contributed by atoms with E-state index in [2.05, 4.69) is 0 Å². The Bertz CT molecular complexity index is 1380. The Kier molecular flexibility index (Phi) is 10.5. The molecule has 0 aromatic heterocycles. The summed E-state index contributed by atoms with van der Waals surface area (Å²) in [5, 5.41) is 0. The largest absolute Gasteiger partial charge is 0.489 e. The predicted octanol–water partition coefficient (Wildman–Crippen LogP) is 6.86. The number of likely N-dealkylation sites (N-methyl/N-ethyl adjacent to an activating group) is 1. The lowest BCUT2D eigenvalue weighted by Gasteiger charge is -2.35. The number of methoxy groups -OCH3 is 1. The van der Waals surface area contributed by atoms with Crippen LogP contribution in [0.1, 0.15) is 81.9 Å². The monoisotopic (exact) mass is 634 g/mol. The van der Waals surface area contributed by atoms with Crippen LogP contribution in [-0.2, 0) is 31.8 Å². The zero-order chi connectivity index (χ0) is 32.9. The molecule has 1 aliphatic heterocycles. The number of esters is 1. The van der Waals surface area contributed by atoms with Crippen molar-refractivity contribution in [1.29, 1.82) is 0 Å². The number of fused-ring (bicyclic) bond motifs is 1. The fraction of sp³-hybridized carbons (Fsp3) is 0.545. The van der Waals surface area contributed by atoms with Crippen LogP contribution < -0.4 is 14.4 Å². The van der Waals surface area contributed by atoms with E-state index in [0.29, 0.717) is 28.3 Å². The van der Waals surface area contributed by atoms with E-state index in [1.807, 2.05) is 0 Å². The average Bonchev–Trinajstić information content (AvgIpc) is 3.00. The Hall–Kier alpha value is -3.96. The number of benzene rings is 2. The number of hydrogen-bond donors (Lipinski definition) is 0. The highest BCUT2D eigenvalue weighted by molar-refractivity contribution is 6.01. The van der Waals surface area contributed by atoms with Gasteiger partial charge in [-0.2, -0.15) is 13.2 Å². The fourth-order valence-electron chi connectivity index (χ4n) is 5.67. The van der Waals surface area contributed by atoms with Gasteiger partial charge < -0.3 is 23.8 Å². The second-order valence-corrected chi connectivity index (χ2v) is 12.4. The maximum atomic E-state index is 14.0.